The molecule has 1 aromatic rings. The van der Waals surface area contributed by atoms with Gasteiger partial charge in [-0.2, -0.15) is 0 Å². The Bertz CT molecular complexity index is 395. The first-order valence-corrected chi connectivity index (χ1v) is 5.64. The van der Waals surface area contributed by atoms with Gasteiger partial charge in [-0.1, -0.05) is 6.07 Å². The van der Waals surface area contributed by atoms with E-state index in [1.54, 1.807) is 18.2 Å². The SMILES string of the molecule is Cl.O=C(CC1COCCN1)Nc1cccc(O)c1. The van der Waals surface area contributed by atoms with Gasteiger partial charge in [0.1, 0.15) is 5.75 Å². The summed E-state index contributed by atoms with van der Waals surface area (Å²) in [4.78, 5) is 11.7. The lowest BCUT2D eigenvalue weighted by molar-refractivity contribution is -0.117. The molecule has 1 aromatic carbocycles. The normalized spacial score (nSPS) is 18.8. The van der Waals surface area contributed by atoms with Crippen LogP contribution < -0.4 is 10.6 Å². The first kappa shape index (κ1) is 14.8. The highest BCUT2D eigenvalue weighted by Gasteiger charge is 2.16. The van der Waals surface area contributed by atoms with Crippen molar-refractivity contribution in [2.24, 2.45) is 0 Å². The molecule has 0 aromatic heterocycles. The van der Waals surface area contributed by atoms with E-state index in [1.807, 2.05) is 0 Å². The van der Waals surface area contributed by atoms with E-state index in [-0.39, 0.29) is 30.1 Å². The Morgan fingerprint density at radius 2 is 2.39 bits per heavy atom. The standard InChI is InChI=1S/C12H16N2O3.ClH/c15-11-3-1-2-9(6-11)14-12(16)7-10-8-17-5-4-13-10;/h1-3,6,10,13,15H,4-5,7-8H2,(H,14,16);1H. The molecule has 1 fully saturated rings. The summed E-state index contributed by atoms with van der Waals surface area (Å²) < 4.78 is 5.27. The fourth-order valence-corrected chi connectivity index (χ4v) is 1.77. The molecule has 1 saturated heterocycles. The first-order chi connectivity index (χ1) is 8.24. The number of nitrogens with one attached hydrogen (secondary N) is 2. The number of hydrogen-bond donors (Lipinski definition) is 3. The number of ether oxygens (including phenoxy) is 1. The van der Waals surface area contributed by atoms with Gasteiger partial charge in [0.15, 0.2) is 0 Å². The second kappa shape index (κ2) is 7.20. The van der Waals surface area contributed by atoms with Gasteiger partial charge in [0, 0.05) is 30.8 Å². The molecular formula is C12H17ClN2O3. The Labute approximate surface area is 112 Å². The number of carbonyl (C=O) groups is 1. The van der Waals surface area contributed by atoms with E-state index in [4.69, 9.17) is 4.74 Å². The minimum absolute atomic E-state index is 0. The lowest BCUT2D eigenvalue weighted by atomic mass is 10.2. The molecule has 18 heavy (non-hydrogen) atoms. The number of phenolic OH excluding ortho intramolecular Hbond substituents is 1. The van der Waals surface area contributed by atoms with E-state index < -0.39 is 0 Å². The van der Waals surface area contributed by atoms with Crippen molar-refractivity contribution in [1.82, 2.24) is 5.32 Å². The quantitative estimate of drug-likeness (QED) is 0.771. The number of benzene rings is 1. The molecule has 1 aliphatic heterocycles. The molecule has 1 aliphatic rings. The second-order valence-electron chi connectivity index (χ2n) is 4.03. The lowest BCUT2D eigenvalue weighted by Crippen LogP contribution is -2.43. The van der Waals surface area contributed by atoms with E-state index in [0.717, 1.165) is 6.54 Å². The highest BCUT2D eigenvalue weighted by atomic mass is 35.5. The topological polar surface area (TPSA) is 70.6 Å². The summed E-state index contributed by atoms with van der Waals surface area (Å²) in [5, 5.41) is 15.2. The molecule has 1 amide bonds. The van der Waals surface area contributed by atoms with Crippen LogP contribution in [-0.4, -0.2) is 36.8 Å². The van der Waals surface area contributed by atoms with Crippen LogP contribution in [0, 0.1) is 0 Å². The molecule has 2 rings (SSSR count). The van der Waals surface area contributed by atoms with Gasteiger partial charge in [-0.3, -0.25) is 4.79 Å². The highest BCUT2D eigenvalue weighted by Crippen LogP contribution is 2.15. The maximum absolute atomic E-state index is 11.7. The van der Waals surface area contributed by atoms with Crippen LogP contribution in [0.5, 0.6) is 5.75 Å². The van der Waals surface area contributed by atoms with Crippen LogP contribution in [0.4, 0.5) is 5.69 Å². The van der Waals surface area contributed by atoms with Gasteiger partial charge in [0.25, 0.3) is 0 Å². The Balaban J connectivity index is 0.00000162. The van der Waals surface area contributed by atoms with E-state index in [9.17, 15) is 9.90 Å². The van der Waals surface area contributed by atoms with Crippen LogP contribution in [0.1, 0.15) is 6.42 Å². The average Bonchev–Trinajstić information content (AvgIpc) is 2.30. The maximum atomic E-state index is 11.7. The van der Waals surface area contributed by atoms with Crippen molar-refractivity contribution in [2.45, 2.75) is 12.5 Å². The van der Waals surface area contributed by atoms with Gasteiger partial charge >= 0.3 is 0 Å². The van der Waals surface area contributed by atoms with E-state index >= 15 is 0 Å². The van der Waals surface area contributed by atoms with Crippen LogP contribution in [0.3, 0.4) is 0 Å². The molecule has 0 spiro atoms. The zero-order valence-corrected chi connectivity index (χ0v) is 10.7. The summed E-state index contributed by atoms with van der Waals surface area (Å²) in [6.07, 6.45) is 0.371. The Kier molecular flexibility index (Phi) is 5.91. The maximum Gasteiger partial charge on any atom is 0.226 e. The van der Waals surface area contributed by atoms with Gasteiger partial charge < -0.3 is 20.5 Å². The zero-order chi connectivity index (χ0) is 12.1. The molecule has 1 atom stereocenters. The molecule has 0 aliphatic carbocycles. The minimum Gasteiger partial charge on any atom is -0.508 e. The number of halogens is 1. The van der Waals surface area contributed by atoms with Gasteiger partial charge in [-0.05, 0) is 12.1 Å². The van der Waals surface area contributed by atoms with Gasteiger partial charge in [-0.15, -0.1) is 12.4 Å². The number of carbonyl (C=O) groups excluding carboxylic acids is 1. The molecular weight excluding hydrogens is 256 g/mol. The molecule has 3 N–H and O–H groups in total. The third-order valence-corrected chi connectivity index (χ3v) is 2.56. The Morgan fingerprint density at radius 3 is 3.06 bits per heavy atom. The fraction of sp³-hybridized carbons (Fsp3) is 0.417. The smallest absolute Gasteiger partial charge is 0.226 e. The summed E-state index contributed by atoms with van der Waals surface area (Å²) in [6.45, 7) is 2.04. The summed E-state index contributed by atoms with van der Waals surface area (Å²) in [7, 11) is 0. The van der Waals surface area contributed by atoms with Crippen LogP contribution >= 0.6 is 12.4 Å². The third-order valence-electron chi connectivity index (χ3n) is 2.56. The predicted octanol–water partition coefficient (Wildman–Crippen LogP) is 1.13. The largest absolute Gasteiger partial charge is 0.508 e. The molecule has 100 valence electrons. The number of morpholine rings is 1. The zero-order valence-electron chi connectivity index (χ0n) is 9.89. The van der Waals surface area contributed by atoms with Crippen molar-refractivity contribution in [3.8, 4) is 5.75 Å². The molecule has 1 heterocycles. The monoisotopic (exact) mass is 272 g/mol. The molecule has 0 radical (unpaired) electrons. The van der Waals surface area contributed by atoms with Crippen molar-refractivity contribution >= 4 is 24.0 Å². The third kappa shape index (κ3) is 4.52. The number of aromatic hydroxyl groups is 1. The number of hydrogen-bond acceptors (Lipinski definition) is 4. The summed E-state index contributed by atoms with van der Waals surface area (Å²) in [5.74, 6) is 0.0560. The number of rotatable bonds is 3. The Hall–Kier alpha value is -1.30. The fourth-order valence-electron chi connectivity index (χ4n) is 1.77. The van der Waals surface area contributed by atoms with Crippen LogP contribution in [0.25, 0.3) is 0 Å². The second-order valence-corrected chi connectivity index (χ2v) is 4.03. The van der Waals surface area contributed by atoms with Gasteiger partial charge in [0.05, 0.1) is 13.2 Å². The van der Waals surface area contributed by atoms with E-state index in [2.05, 4.69) is 10.6 Å². The van der Waals surface area contributed by atoms with Crippen molar-refractivity contribution in [3.05, 3.63) is 24.3 Å². The number of phenols is 1. The van der Waals surface area contributed by atoms with Crippen molar-refractivity contribution in [1.29, 1.82) is 0 Å². The van der Waals surface area contributed by atoms with Gasteiger partial charge in [-0.25, -0.2) is 0 Å². The van der Waals surface area contributed by atoms with Crippen molar-refractivity contribution in [2.75, 3.05) is 25.1 Å². The van der Waals surface area contributed by atoms with E-state index in [1.165, 1.54) is 6.07 Å². The summed E-state index contributed by atoms with van der Waals surface area (Å²) in [5.41, 5.74) is 0.603. The van der Waals surface area contributed by atoms with Crippen LogP contribution in [0.15, 0.2) is 24.3 Å². The molecule has 0 bridgehead atoms. The Morgan fingerprint density at radius 1 is 1.56 bits per heavy atom. The van der Waals surface area contributed by atoms with Crippen LogP contribution in [-0.2, 0) is 9.53 Å². The summed E-state index contributed by atoms with van der Waals surface area (Å²) in [6, 6.07) is 6.57. The molecule has 0 saturated carbocycles. The van der Waals surface area contributed by atoms with E-state index in [0.29, 0.717) is 25.3 Å². The molecule has 5 nitrogen and oxygen atoms in total. The lowest BCUT2D eigenvalue weighted by Gasteiger charge is -2.23. The van der Waals surface area contributed by atoms with Crippen LogP contribution in [0.2, 0.25) is 0 Å². The van der Waals surface area contributed by atoms with Crippen molar-refractivity contribution < 1.29 is 14.6 Å². The minimum atomic E-state index is -0.0846. The molecule has 1 unspecified atom stereocenters. The highest BCUT2D eigenvalue weighted by molar-refractivity contribution is 5.91. The average molecular weight is 273 g/mol. The van der Waals surface area contributed by atoms with Gasteiger partial charge in [0.2, 0.25) is 5.91 Å². The van der Waals surface area contributed by atoms with Crippen molar-refractivity contribution in [3.63, 3.8) is 0 Å². The predicted molar refractivity (Wildman–Crippen MR) is 71.2 cm³/mol. The molecule has 6 heteroatoms. The number of amides is 1. The number of anilines is 1. The summed E-state index contributed by atoms with van der Waals surface area (Å²) >= 11 is 0. The first-order valence-electron chi connectivity index (χ1n) is 5.64.